The smallest absolute Gasteiger partial charge is 0.119 e. The van der Waals surface area contributed by atoms with Gasteiger partial charge in [-0.3, -0.25) is 0 Å². The van der Waals surface area contributed by atoms with Crippen molar-refractivity contribution in [3.63, 3.8) is 0 Å². The lowest BCUT2D eigenvalue weighted by Crippen LogP contribution is -2.35. The number of ether oxygens (including phenoxy) is 1. The van der Waals surface area contributed by atoms with Gasteiger partial charge >= 0.3 is 0 Å². The predicted octanol–water partition coefficient (Wildman–Crippen LogP) is 4.37. The Morgan fingerprint density at radius 3 is 2.53 bits per heavy atom. The molecule has 3 heteroatoms. The van der Waals surface area contributed by atoms with Crippen LogP contribution in [0.15, 0.2) is 22.7 Å². The summed E-state index contributed by atoms with van der Waals surface area (Å²) in [5, 5.41) is 3.71. The zero-order valence-electron chi connectivity index (χ0n) is 12.1. The average Bonchev–Trinajstić information content (AvgIpc) is 2.37. The van der Waals surface area contributed by atoms with E-state index in [4.69, 9.17) is 4.74 Å². The Hall–Kier alpha value is -0.540. The molecule has 1 fully saturated rings. The quantitative estimate of drug-likeness (QED) is 0.887. The highest BCUT2D eigenvalue weighted by Crippen LogP contribution is 2.29. The molecule has 1 aromatic rings. The Morgan fingerprint density at radius 2 is 1.89 bits per heavy atom. The first-order valence-electron chi connectivity index (χ1n) is 7.14. The Balaban J connectivity index is 1.94. The molecule has 1 aliphatic carbocycles. The van der Waals surface area contributed by atoms with Gasteiger partial charge in [-0.1, -0.05) is 29.8 Å². The van der Waals surface area contributed by atoms with Crippen molar-refractivity contribution >= 4 is 15.9 Å². The van der Waals surface area contributed by atoms with Gasteiger partial charge in [-0.05, 0) is 54.9 Å². The van der Waals surface area contributed by atoms with Gasteiger partial charge in [-0.25, -0.2) is 0 Å². The van der Waals surface area contributed by atoms with E-state index in [0.29, 0.717) is 6.04 Å². The van der Waals surface area contributed by atoms with Crippen molar-refractivity contribution in [1.82, 2.24) is 5.32 Å². The second-order valence-corrected chi connectivity index (χ2v) is 6.81. The number of rotatable bonds is 4. The molecule has 0 aliphatic heterocycles. The van der Waals surface area contributed by atoms with Crippen molar-refractivity contribution in [1.29, 1.82) is 0 Å². The van der Waals surface area contributed by atoms with Crippen LogP contribution in [0.1, 0.15) is 38.7 Å². The SMILES string of the molecule is COc1ccc(Br)c(CNC2CC(C)CC(C)C2)c1. The minimum Gasteiger partial charge on any atom is -0.497 e. The van der Waals surface area contributed by atoms with Gasteiger partial charge in [0.05, 0.1) is 7.11 Å². The van der Waals surface area contributed by atoms with E-state index in [-0.39, 0.29) is 0 Å². The van der Waals surface area contributed by atoms with Crippen molar-refractivity contribution in [2.75, 3.05) is 7.11 Å². The summed E-state index contributed by atoms with van der Waals surface area (Å²) in [5.74, 6) is 2.61. The summed E-state index contributed by atoms with van der Waals surface area (Å²) in [6, 6.07) is 6.80. The highest BCUT2D eigenvalue weighted by atomic mass is 79.9. The van der Waals surface area contributed by atoms with Crippen LogP contribution in [-0.4, -0.2) is 13.2 Å². The molecule has 106 valence electrons. The first-order chi connectivity index (χ1) is 9.08. The van der Waals surface area contributed by atoms with Crippen LogP contribution in [0.5, 0.6) is 5.75 Å². The average molecular weight is 326 g/mol. The largest absolute Gasteiger partial charge is 0.497 e. The number of benzene rings is 1. The van der Waals surface area contributed by atoms with Gasteiger partial charge in [-0.2, -0.15) is 0 Å². The van der Waals surface area contributed by atoms with Crippen LogP contribution in [-0.2, 0) is 6.54 Å². The zero-order valence-corrected chi connectivity index (χ0v) is 13.7. The van der Waals surface area contributed by atoms with Crippen molar-refractivity contribution in [3.05, 3.63) is 28.2 Å². The molecule has 0 amide bonds. The van der Waals surface area contributed by atoms with E-state index in [2.05, 4.69) is 47.2 Å². The highest BCUT2D eigenvalue weighted by molar-refractivity contribution is 9.10. The summed E-state index contributed by atoms with van der Waals surface area (Å²) in [7, 11) is 1.71. The van der Waals surface area contributed by atoms with E-state index >= 15 is 0 Å². The number of halogens is 1. The van der Waals surface area contributed by atoms with Crippen LogP contribution in [0, 0.1) is 11.8 Å². The molecule has 0 aromatic heterocycles. The number of nitrogens with one attached hydrogen (secondary N) is 1. The summed E-state index contributed by atoms with van der Waals surface area (Å²) in [5.41, 5.74) is 1.27. The molecule has 2 rings (SSSR count). The van der Waals surface area contributed by atoms with Crippen LogP contribution in [0.2, 0.25) is 0 Å². The minimum absolute atomic E-state index is 0.650. The van der Waals surface area contributed by atoms with E-state index in [1.54, 1.807) is 7.11 Å². The fourth-order valence-electron chi connectivity index (χ4n) is 3.18. The normalized spacial score (nSPS) is 27.3. The zero-order chi connectivity index (χ0) is 13.8. The van der Waals surface area contributed by atoms with Crippen molar-refractivity contribution in [2.24, 2.45) is 11.8 Å². The Kier molecular flexibility index (Phi) is 5.28. The van der Waals surface area contributed by atoms with Gasteiger partial charge in [0.15, 0.2) is 0 Å². The second kappa shape index (κ2) is 6.76. The molecule has 0 radical (unpaired) electrons. The molecule has 2 unspecified atom stereocenters. The van der Waals surface area contributed by atoms with Gasteiger partial charge < -0.3 is 10.1 Å². The molecule has 1 saturated carbocycles. The van der Waals surface area contributed by atoms with Crippen molar-refractivity contribution in [2.45, 2.75) is 45.7 Å². The molecule has 0 saturated heterocycles. The molecule has 19 heavy (non-hydrogen) atoms. The van der Waals surface area contributed by atoms with Crippen LogP contribution >= 0.6 is 15.9 Å². The first kappa shape index (κ1) is 14.9. The fraction of sp³-hybridized carbons (Fsp3) is 0.625. The van der Waals surface area contributed by atoms with Crippen LogP contribution in [0.3, 0.4) is 0 Å². The van der Waals surface area contributed by atoms with E-state index in [1.807, 2.05) is 6.07 Å². The van der Waals surface area contributed by atoms with E-state index < -0.39 is 0 Å². The Labute approximate surface area is 125 Å². The highest BCUT2D eigenvalue weighted by Gasteiger charge is 2.23. The third-order valence-electron chi connectivity index (χ3n) is 4.01. The summed E-state index contributed by atoms with van der Waals surface area (Å²) >= 11 is 3.61. The molecular weight excluding hydrogens is 302 g/mol. The lowest BCUT2D eigenvalue weighted by atomic mass is 9.80. The molecule has 0 heterocycles. The maximum Gasteiger partial charge on any atom is 0.119 e. The second-order valence-electron chi connectivity index (χ2n) is 5.95. The third kappa shape index (κ3) is 4.22. The number of methoxy groups -OCH3 is 1. The summed E-state index contributed by atoms with van der Waals surface area (Å²) < 4.78 is 6.44. The van der Waals surface area contributed by atoms with Crippen molar-refractivity contribution < 1.29 is 4.74 Å². The molecule has 1 N–H and O–H groups in total. The fourth-order valence-corrected chi connectivity index (χ4v) is 3.57. The molecule has 1 aliphatic rings. The van der Waals surface area contributed by atoms with Gasteiger partial charge in [0.25, 0.3) is 0 Å². The summed E-state index contributed by atoms with van der Waals surface area (Å²) in [6.07, 6.45) is 3.97. The lowest BCUT2D eigenvalue weighted by molar-refractivity contribution is 0.238. The van der Waals surface area contributed by atoms with E-state index in [0.717, 1.165) is 28.6 Å². The van der Waals surface area contributed by atoms with Gasteiger partial charge in [0.1, 0.15) is 5.75 Å². The van der Waals surface area contributed by atoms with Crippen LogP contribution < -0.4 is 10.1 Å². The van der Waals surface area contributed by atoms with Gasteiger partial charge in [0, 0.05) is 17.1 Å². The van der Waals surface area contributed by atoms with Gasteiger partial charge in [-0.15, -0.1) is 0 Å². The van der Waals surface area contributed by atoms with Crippen LogP contribution in [0.25, 0.3) is 0 Å². The van der Waals surface area contributed by atoms with E-state index in [1.165, 1.54) is 24.8 Å². The number of hydrogen-bond donors (Lipinski definition) is 1. The van der Waals surface area contributed by atoms with E-state index in [9.17, 15) is 0 Å². The monoisotopic (exact) mass is 325 g/mol. The Morgan fingerprint density at radius 1 is 1.21 bits per heavy atom. The third-order valence-corrected chi connectivity index (χ3v) is 4.79. The molecule has 0 spiro atoms. The molecule has 1 aromatic carbocycles. The summed E-state index contributed by atoms with van der Waals surface area (Å²) in [4.78, 5) is 0. The molecule has 0 bridgehead atoms. The molecular formula is C16H24BrNO. The predicted molar refractivity (Wildman–Crippen MR) is 83.5 cm³/mol. The topological polar surface area (TPSA) is 21.3 Å². The molecule has 2 nitrogen and oxygen atoms in total. The standard InChI is InChI=1S/C16H24BrNO/c1-11-6-12(2)8-14(7-11)18-10-13-9-15(19-3)4-5-16(13)17/h4-5,9,11-12,14,18H,6-8,10H2,1-3H3. The maximum absolute atomic E-state index is 5.29. The summed E-state index contributed by atoms with van der Waals surface area (Å²) in [6.45, 7) is 5.64. The minimum atomic E-state index is 0.650. The Bertz CT molecular complexity index is 411. The van der Waals surface area contributed by atoms with Crippen molar-refractivity contribution in [3.8, 4) is 5.75 Å². The van der Waals surface area contributed by atoms with Crippen LogP contribution in [0.4, 0.5) is 0 Å². The first-order valence-corrected chi connectivity index (χ1v) is 7.93. The lowest BCUT2D eigenvalue weighted by Gasteiger charge is -2.32. The molecule has 2 atom stereocenters. The number of hydrogen-bond acceptors (Lipinski definition) is 2. The maximum atomic E-state index is 5.29. The van der Waals surface area contributed by atoms with Gasteiger partial charge in [0.2, 0.25) is 0 Å².